The predicted molar refractivity (Wildman–Crippen MR) is 108 cm³/mol. The molecule has 0 saturated carbocycles. The first-order valence-corrected chi connectivity index (χ1v) is 9.73. The van der Waals surface area contributed by atoms with Crippen molar-refractivity contribution in [3.63, 3.8) is 0 Å². The number of hydrogen-bond donors (Lipinski definition) is 0. The maximum Gasteiger partial charge on any atom is 0.235 e. The molecule has 0 aliphatic rings. The third kappa shape index (κ3) is 3.71. The Morgan fingerprint density at radius 3 is 2.52 bits per heavy atom. The summed E-state index contributed by atoms with van der Waals surface area (Å²) in [6.45, 7) is 9.09. The molecule has 5 nitrogen and oxygen atoms in total. The van der Waals surface area contributed by atoms with Gasteiger partial charge in [0.2, 0.25) is 4.96 Å². The maximum atomic E-state index is 5.86. The summed E-state index contributed by atoms with van der Waals surface area (Å²) in [6.07, 6.45) is 0. The molecule has 0 aliphatic heterocycles. The van der Waals surface area contributed by atoms with Crippen LogP contribution in [0.4, 0.5) is 0 Å². The minimum Gasteiger partial charge on any atom is -0.486 e. The van der Waals surface area contributed by atoms with E-state index in [1.807, 2.05) is 31.2 Å². The van der Waals surface area contributed by atoms with Crippen LogP contribution in [0.1, 0.15) is 36.9 Å². The van der Waals surface area contributed by atoms with Gasteiger partial charge in [-0.15, -0.1) is 10.2 Å². The lowest BCUT2D eigenvalue weighted by Crippen LogP contribution is -2.10. The van der Waals surface area contributed by atoms with Gasteiger partial charge >= 0.3 is 0 Å². The molecular formula is C21H22N4OS. The van der Waals surface area contributed by atoms with Crippen LogP contribution in [0, 0.1) is 6.92 Å². The van der Waals surface area contributed by atoms with E-state index < -0.39 is 0 Å². The molecule has 0 aliphatic carbocycles. The molecular weight excluding hydrogens is 356 g/mol. The first-order chi connectivity index (χ1) is 12.9. The third-order valence-electron chi connectivity index (χ3n) is 4.39. The van der Waals surface area contributed by atoms with Gasteiger partial charge in [-0.3, -0.25) is 0 Å². The summed E-state index contributed by atoms with van der Waals surface area (Å²) in [5.74, 6) is 1.60. The van der Waals surface area contributed by atoms with Crippen molar-refractivity contribution < 1.29 is 4.74 Å². The fourth-order valence-corrected chi connectivity index (χ4v) is 3.61. The van der Waals surface area contributed by atoms with Crippen molar-refractivity contribution in [1.29, 1.82) is 0 Å². The molecule has 0 spiro atoms. The normalized spacial score (nSPS) is 11.9. The van der Waals surface area contributed by atoms with E-state index in [4.69, 9.17) is 4.74 Å². The Kier molecular flexibility index (Phi) is 4.44. The lowest BCUT2D eigenvalue weighted by molar-refractivity contribution is 0.304. The van der Waals surface area contributed by atoms with Crippen LogP contribution >= 0.6 is 11.3 Å². The Labute approximate surface area is 162 Å². The Bertz CT molecular complexity index is 1070. The maximum absolute atomic E-state index is 5.86. The second-order valence-electron chi connectivity index (χ2n) is 7.65. The molecule has 6 heteroatoms. The van der Waals surface area contributed by atoms with Crippen LogP contribution in [-0.4, -0.2) is 19.8 Å². The van der Waals surface area contributed by atoms with E-state index in [0.717, 1.165) is 27.1 Å². The van der Waals surface area contributed by atoms with E-state index in [-0.39, 0.29) is 5.41 Å². The van der Waals surface area contributed by atoms with Crippen molar-refractivity contribution in [3.05, 3.63) is 64.7 Å². The second-order valence-corrected chi connectivity index (χ2v) is 8.69. The van der Waals surface area contributed by atoms with E-state index in [9.17, 15) is 0 Å². The van der Waals surface area contributed by atoms with Crippen LogP contribution in [0.2, 0.25) is 0 Å². The third-order valence-corrected chi connectivity index (χ3v) is 5.27. The van der Waals surface area contributed by atoms with Crippen LogP contribution in [0.5, 0.6) is 5.75 Å². The van der Waals surface area contributed by atoms with E-state index in [0.29, 0.717) is 6.61 Å². The van der Waals surface area contributed by atoms with Crippen molar-refractivity contribution in [2.75, 3.05) is 0 Å². The highest BCUT2D eigenvalue weighted by Crippen LogP contribution is 2.27. The van der Waals surface area contributed by atoms with Gasteiger partial charge in [-0.1, -0.05) is 68.5 Å². The molecule has 0 radical (unpaired) electrons. The molecule has 4 rings (SSSR count). The number of benzene rings is 2. The van der Waals surface area contributed by atoms with Crippen LogP contribution < -0.4 is 4.74 Å². The number of aryl methyl sites for hydroxylation is 1. The highest BCUT2D eigenvalue weighted by molar-refractivity contribution is 7.16. The molecule has 0 fully saturated rings. The van der Waals surface area contributed by atoms with E-state index >= 15 is 0 Å². The van der Waals surface area contributed by atoms with Crippen molar-refractivity contribution in [2.24, 2.45) is 0 Å². The average molecular weight is 379 g/mol. The summed E-state index contributed by atoms with van der Waals surface area (Å²) in [4.78, 5) is 0.771. The zero-order chi connectivity index (χ0) is 19.0. The zero-order valence-electron chi connectivity index (χ0n) is 15.9. The summed E-state index contributed by atoms with van der Waals surface area (Å²) in [5, 5.41) is 14.1. The second kappa shape index (κ2) is 6.78. The molecule has 0 bridgehead atoms. The summed E-state index contributed by atoms with van der Waals surface area (Å²) in [7, 11) is 0. The SMILES string of the molecule is Cc1cccc(OCc2nn3c(-c4ccc(C(C)(C)C)cc4)nnc3s2)c1. The Morgan fingerprint density at radius 1 is 1.04 bits per heavy atom. The van der Waals surface area contributed by atoms with Gasteiger partial charge in [0.15, 0.2) is 10.8 Å². The van der Waals surface area contributed by atoms with Gasteiger partial charge in [0.05, 0.1) is 0 Å². The fourth-order valence-electron chi connectivity index (χ4n) is 2.86. The summed E-state index contributed by atoms with van der Waals surface area (Å²) < 4.78 is 7.65. The Morgan fingerprint density at radius 2 is 1.81 bits per heavy atom. The minimum absolute atomic E-state index is 0.125. The lowest BCUT2D eigenvalue weighted by Gasteiger charge is -2.18. The molecule has 0 atom stereocenters. The van der Waals surface area contributed by atoms with E-state index in [1.165, 1.54) is 22.5 Å². The molecule has 2 heterocycles. The standard InChI is InChI=1S/C21H22N4OS/c1-14-6-5-7-17(12-14)26-13-18-24-25-19(22-23-20(25)27-18)15-8-10-16(11-9-15)21(2,3)4/h5-12H,13H2,1-4H3. The monoisotopic (exact) mass is 378 g/mol. The smallest absolute Gasteiger partial charge is 0.235 e. The van der Waals surface area contributed by atoms with Gasteiger partial charge in [-0.25, -0.2) is 0 Å². The van der Waals surface area contributed by atoms with Gasteiger partial charge in [-0.2, -0.15) is 9.61 Å². The quantitative estimate of drug-likeness (QED) is 0.499. The van der Waals surface area contributed by atoms with E-state index in [2.05, 4.69) is 60.3 Å². The first-order valence-electron chi connectivity index (χ1n) is 8.92. The predicted octanol–water partition coefficient (Wildman–Crippen LogP) is 5.04. The van der Waals surface area contributed by atoms with Crippen LogP contribution in [0.3, 0.4) is 0 Å². The molecule has 0 N–H and O–H groups in total. The largest absolute Gasteiger partial charge is 0.486 e. The van der Waals surface area contributed by atoms with E-state index in [1.54, 1.807) is 4.52 Å². The number of hydrogen-bond acceptors (Lipinski definition) is 5. The number of fused-ring (bicyclic) bond motifs is 1. The first kappa shape index (κ1) is 17.7. The number of rotatable bonds is 4. The van der Waals surface area contributed by atoms with Crippen molar-refractivity contribution >= 4 is 16.3 Å². The topological polar surface area (TPSA) is 52.3 Å². The average Bonchev–Trinajstić information content (AvgIpc) is 3.19. The minimum atomic E-state index is 0.125. The van der Waals surface area contributed by atoms with Crippen LogP contribution in [-0.2, 0) is 12.0 Å². The number of ether oxygens (including phenoxy) is 1. The van der Waals surface area contributed by atoms with Crippen molar-refractivity contribution in [2.45, 2.75) is 39.7 Å². The molecule has 138 valence electrons. The van der Waals surface area contributed by atoms with Crippen molar-refractivity contribution in [3.8, 4) is 17.1 Å². The fraction of sp³-hybridized carbons (Fsp3) is 0.286. The molecule has 4 aromatic rings. The molecule has 0 unspecified atom stereocenters. The van der Waals surface area contributed by atoms with Gasteiger partial charge in [0.25, 0.3) is 0 Å². The van der Waals surface area contributed by atoms with Crippen molar-refractivity contribution in [1.82, 2.24) is 19.8 Å². The van der Waals surface area contributed by atoms with Crippen LogP contribution in [0.15, 0.2) is 48.5 Å². The Balaban J connectivity index is 1.57. The van der Waals surface area contributed by atoms with Gasteiger partial charge < -0.3 is 4.74 Å². The number of nitrogens with zero attached hydrogens (tertiary/aromatic N) is 4. The van der Waals surface area contributed by atoms with Crippen LogP contribution in [0.25, 0.3) is 16.3 Å². The molecule has 0 amide bonds. The Hall–Kier alpha value is -2.73. The highest BCUT2D eigenvalue weighted by Gasteiger charge is 2.16. The van der Waals surface area contributed by atoms with Gasteiger partial charge in [-0.05, 0) is 35.6 Å². The molecule has 2 aromatic heterocycles. The summed E-state index contributed by atoms with van der Waals surface area (Å²) in [6, 6.07) is 16.5. The lowest BCUT2D eigenvalue weighted by atomic mass is 9.87. The molecule has 0 saturated heterocycles. The van der Waals surface area contributed by atoms with Gasteiger partial charge in [0, 0.05) is 5.56 Å². The summed E-state index contributed by atoms with van der Waals surface area (Å²) in [5.41, 5.74) is 3.59. The van der Waals surface area contributed by atoms with Gasteiger partial charge in [0.1, 0.15) is 12.4 Å². The number of aromatic nitrogens is 4. The zero-order valence-corrected chi connectivity index (χ0v) is 16.7. The molecule has 27 heavy (non-hydrogen) atoms. The molecule has 2 aromatic carbocycles. The highest BCUT2D eigenvalue weighted by atomic mass is 32.1. The summed E-state index contributed by atoms with van der Waals surface area (Å²) >= 11 is 1.50.